The molecule has 1 aliphatic rings. The van der Waals surface area contributed by atoms with E-state index in [0.717, 1.165) is 0 Å². The molecule has 1 aromatic rings. The number of benzene rings is 1. The summed E-state index contributed by atoms with van der Waals surface area (Å²) in [5.74, 6) is -6.92. The molecule has 0 aliphatic carbocycles. The number of aliphatic carboxylic acids is 1. The topological polar surface area (TPSA) is 164 Å². The van der Waals surface area contributed by atoms with Crippen LogP contribution in [0.1, 0.15) is 33.6 Å². The number of hydrogen-bond acceptors (Lipinski definition) is 6. The summed E-state index contributed by atoms with van der Waals surface area (Å²) in [5, 5.41) is 10.8. The second kappa shape index (κ2) is 7.55. The fourth-order valence-corrected chi connectivity index (χ4v) is 2.49. The Kier molecular flexibility index (Phi) is 5.45. The third kappa shape index (κ3) is 4.09. The van der Waals surface area contributed by atoms with E-state index in [-0.39, 0.29) is 11.1 Å². The first-order chi connectivity index (χ1) is 12.2. The van der Waals surface area contributed by atoms with Gasteiger partial charge in [-0.05, 0) is 12.1 Å². The number of carbonyl (C=O) groups is 6. The molecule has 10 heteroatoms. The molecule has 0 saturated heterocycles. The van der Waals surface area contributed by atoms with Gasteiger partial charge < -0.3 is 10.8 Å². The van der Waals surface area contributed by atoms with Crippen LogP contribution in [0.5, 0.6) is 0 Å². The summed E-state index contributed by atoms with van der Waals surface area (Å²) in [6.45, 7) is -0.689. The van der Waals surface area contributed by atoms with Crippen LogP contribution in [0.25, 0.3) is 0 Å². The van der Waals surface area contributed by atoms with Gasteiger partial charge in [-0.1, -0.05) is 12.1 Å². The van der Waals surface area contributed by atoms with Crippen molar-refractivity contribution in [3.8, 4) is 0 Å². The summed E-state index contributed by atoms with van der Waals surface area (Å²) in [5.41, 5.74) is 5.22. The van der Waals surface area contributed by atoms with Gasteiger partial charge in [0, 0.05) is 12.8 Å². The molecule has 1 aromatic carbocycles. The van der Waals surface area contributed by atoms with Gasteiger partial charge >= 0.3 is 5.97 Å². The number of rotatable bonds is 7. The van der Waals surface area contributed by atoms with E-state index in [1.165, 1.54) is 12.1 Å². The van der Waals surface area contributed by atoms with Crippen LogP contribution < -0.4 is 11.1 Å². The predicted octanol–water partition coefficient (Wildman–Crippen LogP) is -1.11. The van der Waals surface area contributed by atoms with Crippen LogP contribution >= 0.6 is 0 Å². The largest absolute Gasteiger partial charge is 0.481 e. The van der Waals surface area contributed by atoms with Gasteiger partial charge in [0.05, 0.1) is 17.0 Å². The lowest BCUT2D eigenvalue weighted by molar-refractivity contribution is -0.146. The number of hydrogen-bond donors (Lipinski definition) is 3. The molecule has 0 aromatic heterocycles. The Labute approximate surface area is 146 Å². The number of fused-ring (bicyclic) bond motifs is 1. The molecule has 1 atom stereocenters. The number of primary amides is 1. The maximum absolute atomic E-state index is 12.1. The van der Waals surface area contributed by atoms with Crippen LogP contribution in [0.4, 0.5) is 0 Å². The van der Waals surface area contributed by atoms with E-state index in [0.29, 0.717) is 4.90 Å². The normalized spacial score (nSPS) is 13.9. The van der Waals surface area contributed by atoms with Crippen LogP contribution in [-0.2, 0) is 19.2 Å². The van der Waals surface area contributed by atoms with Crippen LogP contribution in [0, 0.1) is 5.92 Å². The molecule has 136 valence electrons. The third-order valence-corrected chi connectivity index (χ3v) is 3.69. The molecule has 2 rings (SSSR count). The zero-order valence-corrected chi connectivity index (χ0v) is 13.4. The van der Waals surface area contributed by atoms with Gasteiger partial charge in [0.2, 0.25) is 17.7 Å². The second-order valence-corrected chi connectivity index (χ2v) is 5.62. The van der Waals surface area contributed by atoms with Crippen molar-refractivity contribution >= 4 is 35.5 Å². The number of carboxylic acid groups (broad SMARTS) is 1. The Morgan fingerprint density at radius 1 is 1.00 bits per heavy atom. The van der Waals surface area contributed by atoms with Crippen molar-refractivity contribution in [1.82, 2.24) is 10.2 Å². The Morgan fingerprint density at radius 2 is 1.54 bits per heavy atom. The molecule has 10 nitrogen and oxygen atoms in total. The number of amides is 5. The molecule has 0 fully saturated rings. The number of carbonyl (C=O) groups excluding carboxylic acids is 5. The fourth-order valence-electron chi connectivity index (χ4n) is 2.49. The summed E-state index contributed by atoms with van der Waals surface area (Å²) in [7, 11) is 0. The van der Waals surface area contributed by atoms with E-state index in [1.54, 1.807) is 12.1 Å². The zero-order valence-electron chi connectivity index (χ0n) is 13.4. The molecule has 0 radical (unpaired) electrons. The van der Waals surface area contributed by atoms with Gasteiger partial charge in [-0.25, -0.2) is 0 Å². The van der Waals surface area contributed by atoms with Gasteiger partial charge in [-0.15, -0.1) is 0 Å². The van der Waals surface area contributed by atoms with E-state index in [2.05, 4.69) is 0 Å². The van der Waals surface area contributed by atoms with Crippen molar-refractivity contribution in [3.05, 3.63) is 35.4 Å². The number of carboxylic acids is 1. The lowest BCUT2D eigenvalue weighted by Crippen LogP contribution is -2.43. The number of nitrogens with two attached hydrogens (primary N) is 1. The monoisotopic (exact) mass is 361 g/mol. The molecule has 1 aliphatic heterocycles. The van der Waals surface area contributed by atoms with Gasteiger partial charge in [0.25, 0.3) is 11.8 Å². The Balaban J connectivity index is 1.96. The minimum absolute atomic E-state index is 0.157. The molecular weight excluding hydrogens is 346 g/mol. The molecule has 4 N–H and O–H groups in total. The van der Waals surface area contributed by atoms with Crippen molar-refractivity contribution < 1.29 is 33.9 Å². The SMILES string of the molecule is NC(=O)CC(CC(=O)NC(=O)CN1C(=O)c2ccccc2C1=O)C(=O)O. The molecule has 26 heavy (non-hydrogen) atoms. The van der Waals surface area contributed by atoms with E-state index in [9.17, 15) is 28.8 Å². The quantitative estimate of drug-likeness (QED) is 0.518. The number of imide groups is 2. The maximum Gasteiger partial charge on any atom is 0.307 e. The average molecular weight is 361 g/mol. The first kappa shape index (κ1) is 18.8. The zero-order chi connectivity index (χ0) is 19.4. The van der Waals surface area contributed by atoms with Crippen LogP contribution in [0.15, 0.2) is 24.3 Å². The number of nitrogens with one attached hydrogen (secondary N) is 1. The summed E-state index contributed by atoms with van der Waals surface area (Å²) >= 11 is 0. The van der Waals surface area contributed by atoms with Crippen molar-refractivity contribution in [3.63, 3.8) is 0 Å². The third-order valence-electron chi connectivity index (χ3n) is 3.69. The molecule has 5 amide bonds. The lowest BCUT2D eigenvalue weighted by Gasteiger charge is -2.14. The minimum Gasteiger partial charge on any atom is -0.481 e. The highest BCUT2D eigenvalue weighted by Gasteiger charge is 2.36. The standard InChI is InChI=1S/C16H15N3O7/c17-11(20)5-8(16(25)26)6-12(21)18-13(22)7-19-14(23)9-3-1-2-4-10(9)15(19)24/h1-4,8H,5-7H2,(H2,17,20)(H,25,26)(H,18,21,22). The summed E-state index contributed by atoms with van der Waals surface area (Å²) < 4.78 is 0. The smallest absolute Gasteiger partial charge is 0.307 e. The minimum atomic E-state index is -1.41. The Bertz CT molecular complexity index is 783. The van der Waals surface area contributed by atoms with Crippen LogP contribution in [0.2, 0.25) is 0 Å². The van der Waals surface area contributed by atoms with Gasteiger partial charge in [-0.3, -0.25) is 39.0 Å². The first-order valence-corrected chi connectivity index (χ1v) is 7.49. The summed E-state index contributed by atoms with van der Waals surface area (Å²) in [4.78, 5) is 70.4. The van der Waals surface area contributed by atoms with E-state index in [4.69, 9.17) is 10.8 Å². The Morgan fingerprint density at radius 3 is 2.00 bits per heavy atom. The maximum atomic E-state index is 12.1. The predicted molar refractivity (Wildman–Crippen MR) is 84.5 cm³/mol. The molecule has 0 spiro atoms. The fraction of sp³-hybridized carbons (Fsp3) is 0.250. The lowest BCUT2D eigenvalue weighted by atomic mass is 10.0. The van der Waals surface area contributed by atoms with Crippen LogP contribution in [0.3, 0.4) is 0 Å². The second-order valence-electron chi connectivity index (χ2n) is 5.62. The summed E-state index contributed by atoms with van der Waals surface area (Å²) in [6, 6.07) is 6.03. The van der Waals surface area contributed by atoms with E-state index in [1.807, 2.05) is 5.32 Å². The van der Waals surface area contributed by atoms with Crippen molar-refractivity contribution in [2.24, 2.45) is 11.7 Å². The number of nitrogens with zero attached hydrogens (tertiary/aromatic N) is 1. The van der Waals surface area contributed by atoms with Gasteiger partial charge in [0.15, 0.2) is 0 Å². The molecule has 0 bridgehead atoms. The van der Waals surface area contributed by atoms with Gasteiger partial charge in [-0.2, -0.15) is 0 Å². The van der Waals surface area contributed by atoms with Crippen LogP contribution in [-0.4, -0.2) is 52.1 Å². The average Bonchev–Trinajstić information content (AvgIpc) is 2.79. The first-order valence-electron chi connectivity index (χ1n) is 7.49. The summed E-state index contributed by atoms with van der Waals surface area (Å²) in [6.07, 6.45) is -1.21. The molecular formula is C16H15N3O7. The van der Waals surface area contributed by atoms with Gasteiger partial charge in [0.1, 0.15) is 6.54 Å². The molecule has 1 unspecified atom stereocenters. The van der Waals surface area contributed by atoms with Crippen molar-refractivity contribution in [2.45, 2.75) is 12.8 Å². The molecule has 0 saturated carbocycles. The van der Waals surface area contributed by atoms with Crippen molar-refractivity contribution in [2.75, 3.05) is 6.54 Å². The molecule has 1 heterocycles. The van der Waals surface area contributed by atoms with E-state index >= 15 is 0 Å². The van der Waals surface area contributed by atoms with Crippen molar-refractivity contribution in [1.29, 1.82) is 0 Å². The van der Waals surface area contributed by atoms with E-state index < -0.39 is 60.8 Å². The highest BCUT2D eigenvalue weighted by molar-refractivity contribution is 6.22. The highest BCUT2D eigenvalue weighted by atomic mass is 16.4. The highest BCUT2D eigenvalue weighted by Crippen LogP contribution is 2.21. The Hall–Kier alpha value is -3.56.